The fourth-order valence-corrected chi connectivity index (χ4v) is 2.75. The second-order valence-corrected chi connectivity index (χ2v) is 5.81. The SMILES string of the molecule is CC(C)N(CC1CCNCC1)C(=O)c1cnns1. The van der Waals surface area contributed by atoms with Crippen LogP contribution in [0.1, 0.15) is 36.4 Å². The Morgan fingerprint density at radius 3 is 2.83 bits per heavy atom. The minimum atomic E-state index is 0.0681. The van der Waals surface area contributed by atoms with Gasteiger partial charge in [0.2, 0.25) is 0 Å². The van der Waals surface area contributed by atoms with Crippen molar-refractivity contribution >= 4 is 17.4 Å². The topological polar surface area (TPSA) is 58.1 Å². The first-order valence-corrected chi connectivity index (χ1v) is 7.25. The van der Waals surface area contributed by atoms with Gasteiger partial charge in [-0.25, -0.2) is 0 Å². The Balaban J connectivity index is 2.01. The highest BCUT2D eigenvalue weighted by Gasteiger charge is 2.24. The number of rotatable bonds is 4. The minimum absolute atomic E-state index is 0.0681. The summed E-state index contributed by atoms with van der Waals surface area (Å²) in [5.74, 6) is 0.678. The van der Waals surface area contributed by atoms with Crippen LogP contribution in [0.25, 0.3) is 0 Å². The number of carbonyl (C=O) groups excluding carboxylic acids is 1. The van der Waals surface area contributed by atoms with Gasteiger partial charge in [-0.1, -0.05) is 4.49 Å². The molecule has 5 nitrogen and oxygen atoms in total. The molecule has 0 aliphatic carbocycles. The average Bonchev–Trinajstić information content (AvgIpc) is 2.90. The van der Waals surface area contributed by atoms with Crippen molar-refractivity contribution in [3.8, 4) is 0 Å². The molecule has 1 N–H and O–H groups in total. The van der Waals surface area contributed by atoms with Crippen LogP contribution in [0.3, 0.4) is 0 Å². The van der Waals surface area contributed by atoms with Crippen molar-refractivity contribution in [2.45, 2.75) is 32.7 Å². The van der Waals surface area contributed by atoms with Crippen molar-refractivity contribution < 1.29 is 4.79 Å². The zero-order valence-corrected chi connectivity index (χ0v) is 11.7. The molecule has 1 aliphatic rings. The Hall–Kier alpha value is -1.01. The molecular formula is C12H20N4OS. The summed E-state index contributed by atoms with van der Waals surface area (Å²) in [6.07, 6.45) is 3.86. The monoisotopic (exact) mass is 268 g/mol. The fraction of sp³-hybridized carbons (Fsp3) is 0.750. The molecule has 0 unspecified atom stereocenters. The predicted octanol–water partition coefficient (Wildman–Crippen LogP) is 1.39. The van der Waals surface area contributed by atoms with E-state index in [1.165, 1.54) is 11.5 Å². The molecule has 1 saturated heterocycles. The van der Waals surface area contributed by atoms with Gasteiger partial charge < -0.3 is 10.2 Å². The summed E-state index contributed by atoms with van der Waals surface area (Å²) in [6.45, 7) is 7.09. The number of carbonyl (C=O) groups is 1. The van der Waals surface area contributed by atoms with Crippen molar-refractivity contribution in [3.05, 3.63) is 11.1 Å². The van der Waals surface area contributed by atoms with Crippen LogP contribution in [-0.4, -0.2) is 46.1 Å². The molecule has 1 aliphatic heterocycles. The number of nitrogens with zero attached hydrogens (tertiary/aromatic N) is 3. The lowest BCUT2D eigenvalue weighted by molar-refractivity contribution is 0.0663. The maximum atomic E-state index is 12.4. The normalized spacial score (nSPS) is 17.1. The molecule has 0 bridgehead atoms. The van der Waals surface area contributed by atoms with E-state index in [1.54, 1.807) is 6.20 Å². The van der Waals surface area contributed by atoms with E-state index in [0.717, 1.165) is 32.5 Å². The lowest BCUT2D eigenvalue weighted by Gasteiger charge is -2.32. The predicted molar refractivity (Wildman–Crippen MR) is 71.7 cm³/mol. The van der Waals surface area contributed by atoms with Gasteiger partial charge in [-0.15, -0.1) is 5.10 Å². The summed E-state index contributed by atoms with van der Waals surface area (Å²) < 4.78 is 3.77. The quantitative estimate of drug-likeness (QED) is 0.896. The third-order valence-electron chi connectivity index (χ3n) is 3.37. The molecule has 1 aromatic heterocycles. The first-order valence-electron chi connectivity index (χ1n) is 6.47. The van der Waals surface area contributed by atoms with E-state index < -0.39 is 0 Å². The van der Waals surface area contributed by atoms with Gasteiger partial charge >= 0.3 is 0 Å². The number of nitrogens with one attached hydrogen (secondary N) is 1. The molecule has 0 atom stereocenters. The number of hydrogen-bond donors (Lipinski definition) is 1. The first-order chi connectivity index (χ1) is 8.68. The molecule has 1 amide bonds. The summed E-state index contributed by atoms with van der Waals surface area (Å²) in [6, 6.07) is 0.217. The molecule has 0 radical (unpaired) electrons. The first kappa shape index (κ1) is 13.4. The minimum Gasteiger partial charge on any atom is -0.335 e. The molecule has 6 heteroatoms. The van der Waals surface area contributed by atoms with E-state index in [2.05, 4.69) is 28.8 Å². The smallest absolute Gasteiger partial charge is 0.267 e. The zero-order chi connectivity index (χ0) is 13.0. The van der Waals surface area contributed by atoms with Crippen LogP contribution >= 0.6 is 11.5 Å². The summed E-state index contributed by atoms with van der Waals surface area (Å²) in [5.41, 5.74) is 0. The van der Waals surface area contributed by atoms with E-state index >= 15 is 0 Å². The van der Waals surface area contributed by atoms with Crippen LogP contribution < -0.4 is 5.32 Å². The third-order valence-corrected chi connectivity index (χ3v) is 4.02. The van der Waals surface area contributed by atoms with Crippen LogP contribution in [0.5, 0.6) is 0 Å². The van der Waals surface area contributed by atoms with E-state index in [0.29, 0.717) is 10.8 Å². The highest BCUT2D eigenvalue weighted by atomic mass is 32.1. The average molecular weight is 268 g/mol. The van der Waals surface area contributed by atoms with Crippen LogP contribution in [0, 0.1) is 5.92 Å². The van der Waals surface area contributed by atoms with Crippen molar-refractivity contribution in [2.75, 3.05) is 19.6 Å². The largest absolute Gasteiger partial charge is 0.335 e. The Bertz CT molecular complexity index is 373. The lowest BCUT2D eigenvalue weighted by Crippen LogP contribution is -2.42. The van der Waals surface area contributed by atoms with E-state index in [1.807, 2.05) is 4.90 Å². The van der Waals surface area contributed by atoms with E-state index in [9.17, 15) is 4.79 Å². The van der Waals surface area contributed by atoms with Crippen molar-refractivity contribution in [3.63, 3.8) is 0 Å². The van der Waals surface area contributed by atoms with Crippen LogP contribution in [-0.2, 0) is 0 Å². The number of amides is 1. The number of aromatic nitrogens is 2. The molecule has 0 spiro atoms. The molecule has 1 aromatic rings. The zero-order valence-electron chi connectivity index (χ0n) is 10.9. The molecule has 100 valence electrons. The summed E-state index contributed by atoms with van der Waals surface area (Å²) >= 11 is 1.17. The van der Waals surface area contributed by atoms with Gasteiger partial charge in [0.15, 0.2) is 0 Å². The maximum absolute atomic E-state index is 12.4. The lowest BCUT2D eigenvalue weighted by atomic mass is 9.97. The van der Waals surface area contributed by atoms with Gasteiger partial charge in [-0.3, -0.25) is 4.79 Å². The highest BCUT2D eigenvalue weighted by Crippen LogP contribution is 2.18. The fourth-order valence-electron chi connectivity index (χ4n) is 2.27. The maximum Gasteiger partial charge on any atom is 0.267 e. The van der Waals surface area contributed by atoms with Gasteiger partial charge in [0.25, 0.3) is 5.91 Å². The molecular weight excluding hydrogens is 248 g/mol. The Kier molecular flexibility index (Phi) is 4.66. The summed E-state index contributed by atoms with van der Waals surface area (Å²) in [5, 5.41) is 7.10. The van der Waals surface area contributed by atoms with Crippen molar-refractivity contribution in [1.82, 2.24) is 19.8 Å². The molecule has 18 heavy (non-hydrogen) atoms. The van der Waals surface area contributed by atoms with Crippen molar-refractivity contribution in [1.29, 1.82) is 0 Å². The second-order valence-electron chi connectivity index (χ2n) is 5.03. The van der Waals surface area contributed by atoms with Crippen LogP contribution in [0.2, 0.25) is 0 Å². The van der Waals surface area contributed by atoms with Gasteiger partial charge in [-0.05, 0) is 57.2 Å². The van der Waals surface area contributed by atoms with Gasteiger partial charge in [0, 0.05) is 12.6 Å². The molecule has 1 fully saturated rings. The standard InChI is InChI=1S/C12H20N4OS/c1-9(2)16(8-10-3-5-13-6-4-10)12(17)11-7-14-15-18-11/h7,9-10,13H,3-6,8H2,1-2H3. The Labute approximate surface area is 112 Å². The number of hydrogen-bond acceptors (Lipinski definition) is 5. The second kappa shape index (κ2) is 6.24. The summed E-state index contributed by atoms with van der Waals surface area (Å²) in [4.78, 5) is 14.9. The van der Waals surface area contributed by atoms with Crippen LogP contribution in [0.4, 0.5) is 0 Å². The van der Waals surface area contributed by atoms with Crippen molar-refractivity contribution in [2.24, 2.45) is 5.92 Å². The molecule has 0 saturated carbocycles. The molecule has 2 rings (SSSR count). The Morgan fingerprint density at radius 1 is 1.56 bits per heavy atom. The number of piperidine rings is 1. The van der Waals surface area contributed by atoms with Gasteiger partial charge in [-0.2, -0.15) is 0 Å². The van der Waals surface area contributed by atoms with Gasteiger partial charge in [0.1, 0.15) is 4.88 Å². The van der Waals surface area contributed by atoms with E-state index in [4.69, 9.17) is 0 Å². The third kappa shape index (κ3) is 3.26. The van der Waals surface area contributed by atoms with Crippen LogP contribution in [0.15, 0.2) is 6.20 Å². The van der Waals surface area contributed by atoms with E-state index in [-0.39, 0.29) is 11.9 Å². The molecule has 2 heterocycles. The highest BCUT2D eigenvalue weighted by molar-refractivity contribution is 7.07. The molecule has 0 aromatic carbocycles. The Morgan fingerprint density at radius 2 is 2.28 bits per heavy atom. The summed E-state index contributed by atoms with van der Waals surface area (Å²) in [7, 11) is 0. The van der Waals surface area contributed by atoms with Gasteiger partial charge in [0.05, 0.1) is 6.20 Å².